The average molecular weight is 687 g/mol. The van der Waals surface area contributed by atoms with Crippen molar-refractivity contribution in [3.8, 4) is 0 Å². The van der Waals surface area contributed by atoms with Crippen LogP contribution in [0.4, 0.5) is 0 Å². The van der Waals surface area contributed by atoms with E-state index >= 15 is 0 Å². The molecule has 0 spiro atoms. The van der Waals surface area contributed by atoms with Crippen molar-refractivity contribution in [2.24, 2.45) is 0 Å². The second kappa shape index (κ2) is 12.0. The SMILES string of the molecule is C=c1cccc/c1=C(\c1ccc2c(c1)c1ccccc1c1nc3c4ccccc4c4ccccc4c3n21)c1ccccc1Cc1ccc2ccccc2c1. The maximum absolute atomic E-state index is 5.46. The molecule has 11 aromatic rings. The molecule has 0 unspecified atom stereocenters. The van der Waals surface area contributed by atoms with Crippen LogP contribution in [-0.2, 0) is 6.42 Å². The Morgan fingerprint density at radius 3 is 1.94 bits per heavy atom. The summed E-state index contributed by atoms with van der Waals surface area (Å²) >= 11 is 0. The van der Waals surface area contributed by atoms with E-state index in [-0.39, 0.29) is 0 Å². The molecule has 2 nitrogen and oxygen atoms in total. The first-order valence-corrected chi connectivity index (χ1v) is 18.6. The van der Waals surface area contributed by atoms with Crippen LogP contribution in [0.2, 0.25) is 0 Å². The summed E-state index contributed by atoms with van der Waals surface area (Å²) in [4.78, 5) is 5.46. The van der Waals surface area contributed by atoms with Gasteiger partial charge in [-0.15, -0.1) is 0 Å². The molecule has 0 aliphatic heterocycles. The van der Waals surface area contributed by atoms with Gasteiger partial charge in [0.05, 0.1) is 16.6 Å². The number of benzene rings is 9. The van der Waals surface area contributed by atoms with Crippen LogP contribution in [-0.4, -0.2) is 9.38 Å². The van der Waals surface area contributed by atoms with Gasteiger partial charge >= 0.3 is 0 Å². The minimum Gasteiger partial charge on any atom is -0.291 e. The third-order valence-electron chi connectivity index (χ3n) is 11.3. The normalized spacial score (nSPS) is 12.5. The molecule has 0 N–H and O–H groups in total. The Hall–Kier alpha value is -7.03. The van der Waals surface area contributed by atoms with Crippen LogP contribution >= 0.6 is 0 Å². The van der Waals surface area contributed by atoms with Crippen molar-refractivity contribution in [1.29, 1.82) is 0 Å². The van der Waals surface area contributed by atoms with Crippen LogP contribution in [0, 0.1) is 0 Å². The maximum atomic E-state index is 5.46. The van der Waals surface area contributed by atoms with Gasteiger partial charge in [-0.2, -0.15) is 0 Å². The van der Waals surface area contributed by atoms with E-state index < -0.39 is 0 Å². The van der Waals surface area contributed by atoms with Gasteiger partial charge in [0.2, 0.25) is 0 Å². The molecule has 2 aromatic heterocycles. The van der Waals surface area contributed by atoms with Crippen LogP contribution in [0.1, 0.15) is 22.3 Å². The van der Waals surface area contributed by atoms with Crippen molar-refractivity contribution in [2.75, 3.05) is 0 Å². The van der Waals surface area contributed by atoms with Gasteiger partial charge in [-0.25, -0.2) is 4.98 Å². The summed E-state index contributed by atoms with van der Waals surface area (Å²) in [6.07, 6.45) is 0.822. The molecule has 2 heteroatoms. The Labute approximate surface area is 312 Å². The third kappa shape index (κ3) is 4.63. The van der Waals surface area contributed by atoms with E-state index in [1.54, 1.807) is 0 Å². The van der Waals surface area contributed by atoms with E-state index in [1.807, 2.05) is 0 Å². The number of aromatic nitrogens is 2. The maximum Gasteiger partial charge on any atom is 0.146 e. The lowest BCUT2D eigenvalue weighted by Gasteiger charge is -2.17. The van der Waals surface area contributed by atoms with E-state index in [4.69, 9.17) is 4.98 Å². The van der Waals surface area contributed by atoms with Crippen LogP contribution in [0.3, 0.4) is 0 Å². The standard InChI is InChI=1S/C52H34N2/c1-33-14-2-6-18-39(33)49(40-19-7-5-17-37(40)31-34-26-27-35-15-3-4-16-36(35)30-34)38-28-29-48-47(32-38)43-22-10-13-25-46(43)52-53-50-44-23-11-8-20-41(44)42-21-9-12-24-45(42)51(50)54(48)52/h2-30,32H,1,31H2/b49-39-. The zero-order valence-electron chi connectivity index (χ0n) is 29.6. The van der Waals surface area contributed by atoms with Gasteiger partial charge in [-0.1, -0.05) is 176 Å². The van der Waals surface area contributed by atoms with Crippen molar-refractivity contribution in [3.63, 3.8) is 0 Å². The molecule has 9 aromatic carbocycles. The van der Waals surface area contributed by atoms with Crippen molar-refractivity contribution >= 4 is 82.8 Å². The minimum atomic E-state index is 0.822. The van der Waals surface area contributed by atoms with E-state index in [0.717, 1.165) is 50.0 Å². The summed E-state index contributed by atoms with van der Waals surface area (Å²) in [7, 11) is 0. The first-order valence-electron chi connectivity index (χ1n) is 18.6. The molecule has 54 heavy (non-hydrogen) atoms. The fourth-order valence-electron chi connectivity index (χ4n) is 8.84. The molecule has 11 rings (SSSR count). The number of hydrogen-bond donors (Lipinski definition) is 0. The van der Waals surface area contributed by atoms with Crippen molar-refractivity contribution in [2.45, 2.75) is 6.42 Å². The Bertz CT molecular complexity index is 3440. The Morgan fingerprint density at radius 2 is 1.13 bits per heavy atom. The van der Waals surface area contributed by atoms with Gasteiger partial charge in [0, 0.05) is 21.5 Å². The molecule has 0 saturated carbocycles. The number of fused-ring (bicyclic) bond motifs is 14. The first kappa shape index (κ1) is 30.6. The quantitative estimate of drug-likeness (QED) is 0.168. The van der Waals surface area contributed by atoms with Crippen molar-refractivity contribution in [1.82, 2.24) is 9.38 Å². The highest BCUT2D eigenvalue weighted by molar-refractivity contribution is 6.26. The summed E-state index contributed by atoms with van der Waals surface area (Å²) < 4.78 is 2.41. The van der Waals surface area contributed by atoms with Crippen molar-refractivity contribution < 1.29 is 0 Å². The van der Waals surface area contributed by atoms with Gasteiger partial charge in [-0.05, 0) is 83.7 Å². The summed E-state index contributed by atoms with van der Waals surface area (Å²) in [5.41, 5.74) is 10.5. The second-order valence-electron chi connectivity index (χ2n) is 14.4. The lowest BCUT2D eigenvalue weighted by Crippen LogP contribution is -2.26. The highest BCUT2D eigenvalue weighted by atomic mass is 15.0. The van der Waals surface area contributed by atoms with Crippen LogP contribution in [0.5, 0.6) is 0 Å². The monoisotopic (exact) mass is 686 g/mol. The number of rotatable bonds is 4. The van der Waals surface area contributed by atoms with Crippen LogP contribution in [0.15, 0.2) is 182 Å². The van der Waals surface area contributed by atoms with Gasteiger partial charge in [0.1, 0.15) is 5.65 Å². The van der Waals surface area contributed by atoms with E-state index in [9.17, 15) is 0 Å². The average Bonchev–Trinajstić information content (AvgIpc) is 3.64. The fourth-order valence-corrected chi connectivity index (χ4v) is 8.84. The molecular weight excluding hydrogens is 653 g/mol. The Kier molecular flexibility index (Phi) is 6.80. The summed E-state index contributed by atoms with van der Waals surface area (Å²) in [5.74, 6) is 0. The smallest absolute Gasteiger partial charge is 0.146 e. The zero-order chi connectivity index (χ0) is 35.8. The summed E-state index contributed by atoms with van der Waals surface area (Å²) in [6.45, 7) is 4.54. The van der Waals surface area contributed by atoms with Gasteiger partial charge in [0.25, 0.3) is 0 Å². The Balaban J connectivity index is 1.22. The molecule has 252 valence electrons. The van der Waals surface area contributed by atoms with E-state index in [0.29, 0.717) is 0 Å². The number of pyridine rings is 1. The van der Waals surface area contributed by atoms with E-state index in [2.05, 4.69) is 193 Å². The molecule has 0 amide bonds. The number of imidazole rings is 1. The number of hydrogen-bond acceptors (Lipinski definition) is 1. The van der Waals surface area contributed by atoms with Gasteiger partial charge in [0.15, 0.2) is 0 Å². The topological polar surface area (TPSA) is 17.3 Å². The van der Waals surface area contributed by atoms with Crippen LogP contribution in [0.25, 0.3) is 82.8 Å². The van der Waals surface area contributed by atoms with Crippen LogP contribution < -0.4 is 10.4 Å². The highest BCUT2D eigenvalue weighted by Gasteiger charge is 2.20. The third-order valence-corrected chi connectivity index (χ3v) is 11.3. The summed E-state index contributed by atoms with van der Waals surface area (Å²) in [6, 6.07) is 66.1. The van der Waals surface area contributed by atoms with Crippen molar-refractivity contribution in [3.05, 3.63) is 215 Å². The zero-order valence-corrected chi connectivity index (χ0v) is 29.6. The summed E-state index contributed by atoms with van der Waals surface area (Å²) in [5, 5.41) is 13.1. The first-order chi connectivity index (χ1) is 26.7. The molecule has 2 heterocycles. The molecule has 0 atom stereocenters. The predicted molar refractivity (Wildman–Crippen MR) is 229 cm³/mol. The molecule has 0 fully saturated rings. The lowest BCUT2D eigenvalue weighted by molar-refractivity contribution is 1.18. The largest absolute Gasteiger partial charge is 0.291 e. The molecule has 0 aliphatic carbocycles. The minimum absolute atomic E-state index is 0.822. The predicted octanol–water partition coefficient (Wildman–Crippen LogP) is 11.5. The molecule has 0 bridgehead atoms. The number of nitrogens with zero attached hydrogens (tertiary/aromatic N) is 2. The van der Waals surface area contributed by atoms with E-state index in [1.165, 1.54) is 65.4 Å². The van der Waals surface area contributed by atoms with Gasteiger partial charge in [-0.3, -0.25) is 4.40 Å². The van der Waals surface area contributed by atoms with Gasteiger partial charge < -0.3 is 0 Å². The second-order valence-corrected chi connectivity index (χ2v) is 14.4. The Morgan fingerprint density at radius 1 is 0.500 bits per heavy atom. The molecule has 0 radical (unpaired) electrons. The molecule has 0 saturated heterocycles. The fraction of sp³-hybridized carbons (Fsp3) is 0.0192. The molecule has 0 aliphatic rings. The highest BCUT2D eigenvalue weighted by Crippen LogP contribution is 2.40. The lowest BCUT2D eigenvalue weighted by atomic mass is 9.88. The molecular formula is C52H34N2.